The van der Waals surface area contributed by atoms with Gasteiger partial charge in [-0.1, -0.05) is 30.3 Å². The quantitative estimate of drug-likeness (QED) is 0.487. The van der Waals surface area contributed by atoms with E-state index in [1.54, 1.807) is 11.3 Å². The number of aryl methyl sites for hydroxylation is 2. The highest BCUT2D eigenvalue weighted by Crippen LogP contribution is 2.32. The monoisotopic (exact) mass is 448 g/mol. The van der Waals surface area contributed by atoms with Gasteiger partial charge in [-0.15, -0.1) is 32.9 Å². The lowest BCUT2D eigenvalue weighted by Crippen LogP contribution is -2.52. The Kier molecular flexibility index (Phi) is 5.21. The number of benzene rings is 1. The molecule has 0 spiro atoms. The molecule has 4 aromatic rings. The van der Waals surface area contributed by atoms with Crippen LogP contribution in [0.25, 0.3) is 21.8 Å². The average Bonchev–Trinajstić information content (AvgIpc) is 3.33. The van der Waals surface area contributed by atoms with Gasteiger partial charge in [-0.3, -0.25) is 4.79 Å². The van der Waals surface area contributed by atoms with Gasteiger partial charge in [0.25, 0.3) is 0 Å². The number of carbonyl (C=O) groups is 1. The first-order chi connectivity index (χ1) is 15.1. The molecule has 0 saturated carbocycles. The minimum absolute atomic E-state index is 0.0109. The Morgan fingerprint density at radius 1 is 1.03 bits per heavy atom. The predicted molar refractivity (Wildman–Crippen MR) is 124 cm³/mol. The van der Waals surface area contributed by atoms with Crippen molar-refractivity contribution in [2.75, 3.05) is 23.3 Å². The molecule has 0 aliphatic carbocycles. The molecule has 0 unspecified atom stereocenters. The number of carbonyl (C=O) groups excluding carboxylic acids is 1. The molecule has 1 N–H and O–H groups in total. The second-order valence-corrected chi connectivity index (χ2v) is 9.48. The van der Waals surface area contributed by atoms with Crippen molar-refractivity contribution in [1.29, 1.82) is 0 Å². The Morgan fingerprint density at radius 2 is 1.84 bits per heavy atom. The van der Waals surface area contributed by atoms with Crippen molar-refractivity contribution in [1.82, 2.24) is 20.2 Å². The number of rotatable bonds is 5. The van der Waals surface area contributed by atoms with E-state index >= 15 is 0 Å². The minimum Gasteiger partial charge on any atom is -0.353 e. The van der Waals surface area contributed by atoms with Crippen LogP contribution in [0.15, 0.2) is 47.8 Å². The van der Waals surface area contributed by atoms with Crippen LogP contribution in [-0.4, -0.2) is 39.2 Å². The molecule has 156 valence electrons. The first-order valence-electron chi connectivity index (χ1n) is 9.92. The van der Waals surface area contributed by atoms with Crippen molar-refractivity contribution in [2.24, 2.45) is 5.92 Å². The van der Waals surface area contributed by atoms with E-state index < -0.39 is 0 Å². The number of amides is 1. The van der Waals surface area contributed by atoms with Gasteiger partial charge in [0.2, 0.25) is 5.91 Å². The zero-order valence-electron chi connectivity index (χ0n) is 17.1. The average molecular weight is 449 g/mol. The number of nitrogens with zero attached hydrogens (tertiary/aromatic N) is 5. The summed E-state index contributed by atoms with van der Waals surface area (Å²) in [4.78, 5) is 24.7. The lowest BCUT2D eigenvalue weighted by molar-refractivity contribution is -0.120. The summed E-state index contributed by atoms with van der Waals surface area (Å²) in [6, 6.07) is 13.9. The van der Waals surface area contributed by atoms with E-state index in [2.05, 4.69) is 30.4 Å². The maximum Gasteiger partial charge on any atom is 0.232 e. The van der Waals surface area contributed by atoms with E-state index in [1.807, 2.05) is 61.7 Å². The van der Waals surface area contributed by atoms with Crippen molar-refractivity contribution in [3.63, 3.8) is 0 Å². The first kappa shape index (κ1) is 19.8. The third-order valence-electron chi connectivity index (χ3n) is 5.17. The van der Waals surface area contributed by atoms with Crippen LogP contribution in [0.4, 0.5) is 10.9 Å². The summed E-state index contributed by atoms with van der Waals surface area (Å²) in [6.45, 7) is 5.21. The minimum atomic E-state index is -0.0877. The molecule has 4 heterocycles. The Morgan fingerprint density at radius 3 is 2.52 bits per heavy atom. The smallest absolute Gasteiger partial charge is 0.232 e. The third kappa shape index (κ3) is 4.06. The summed E-state index contributed by atoms with van der Waals surface area (Å²) in [6.07, 6.45) is 0. The van der Waals surface area contributed by atoms with Gasteiger partial charge in [-0.2, -0.15) is 0 Å². The van der Waals surface area contributed by atoms with Gasteiger partial charge >= 0.3 is 0 Å². The van der Waals surface area contributed by atoms with Gasteiger partial charge in [-0.05, 0) is 26.0 Å². The summed E-state index contributed by atoms with van der Waals surface area (Å²) in [5, 5.41) is 15.2. The zero-order chi connectivity index (χ0) is 21.4. The molecular formula is C22H20N6OS2. The van der Waals surface area contributed by atoms with Crippen LogP contribution < -0.4 is 10.2 Å². The molecule has 9 heteroatoms. The molecule has 1 aliphatic heterocycles. The fourth-order valence-electron chi connectivity index (χ4n) is 3.50. The molecule has 1 aromatic carbocycles. The molecule has 7 nitrogen and oxygen atoms in total. The molecule has 31 heavy (non-hydrogen) atoms. The number of nitrogens with one attached hydrogen (secondary N) is 1. The highest BCUT2D eigenvalue weighted by molar-refractivity contribution is 7.16. The number of thiazole rings is 2. The molecular weight excluding hydrogens is 428 g/mol. The van der Waals surface area contributed by atoms with Gasteiger partial charge in [0.1, 0.15) is 0 Å². The maximum absolute atomic E-state index is 12.6. The van der Waals surface area contributed by atoms with E-state index in [4.69, 9.17) is 0 Å². The number of aromatic nitrogens is 4. The fraction of sp³-hybridized carbons (Fsp3) is 0.227. The van der Waals surface area contributed by atoms with Crippen molar-refractivity contribution < 1.29 is 4.79 Å². The third-order valence-corrected chi connectivity index (χ3v) is 7.02. The largest absolute Gasteiger partial charge is 0.353 e. The Labute approximate surface area is 187 Å². The SMILES string of the molecule is Cc1nc(C)c(-c2csc(NC(=O)C3CN(c4ccc(-c5ccccc5)nn4)C3)n2)s1. The highest BCUT2D eigenvalue weighted by atomic mass is 32.1. The van der Waals surface area contributed by atoms with Gasteiger partial charge < -0.3 is 10.2 Å². The lowest BCUT2D eigenvalue weighted by Gasteiger charge is -2.38. The second kappa shape index (κ2) is 8.16. The van der Waals surface area contributed by atoms with Gasteiger partial charge in [0.05, 0.1) is 32.9 Å². The standard InChI is InChI=1S/C22H20N6OS2/c1-13-20(31-14(2)23-13)18-12-30-22(24-18)25-21(29)16-10-28(11-16)19-9-8-17(26-27-19)15-6-4-3-5-7-15/h3-9,12,16H,10-11H2,1-2H3,(H,24,25,29). The predicted octanol–water partition coefficient (Wildman–Crippen LogP) is 4.42. The van der Waals surface area contributed by atoms with Crippen LogP contribution in [0, 0.1) is 19.8 Å². The van der Waals surface area contributed by atoms with Crippen molar-refractivity contribution in [2.45, 2.75) is 13.8 Å². The summed E-state index contributed by atoms with van der Waals surface area (Å²) < 4.78 is 0. The lowest BCUT2D eigenvalue weighted by atomic mass is 9.99. The summed E-state index contributed by atoms with van der Waals surface area (Å²) in [7, 11) is 0. The summed E-state index contributed by atoms with van der Waals surface area (Å²) in [5.41, 5.74) is 3.71. The summed E-state index contributed by atoms with van der Waals surface area (Å²) >= 11 is 3.06. The number of hydrogen-bond donors (Lipinski definition) is 1. The fourth-order valence-corrected chi connectivity index (χ4v) is 5.16. The maximum atomic E-state index is 12.6. The normalized spacial score (nSPS) is 13.8. The van der Waals surface area contributed by atoms with Gasteiger partial charge in [0, 0.05) is 24.0 Å². The van der Waals surface area contributed by atoms with Crippen molar-refractivity contribution in [3.8, 4) is 21.8 Å². The number of anilines is 2. The van der Waals surface area contributed by atoms with E-state index in [0.717, 1.165) is 38.3 Å². The molecule has 0 atom stereocenters. The summed E-state index contributed by atoms with van der Waals surface area (Å²) in [5.74, 6) is 0.690. The van der Waals surface area contributed by atoms with Crippen LogP contribution in [0.1, 0.15) is 10.7 Å². The van der Waals surface area contributed by atoms with Crippen LogP contribution >= 0.6 is 22.7 Å². The van der Waals surface area contributed by atoms with E-state index in [1.165, 1.54) is 11.3 Å². The first-order valence-corrected chi connectivity index (χ1v) is 11.6. The molecule has 1 aliphatic rings. The number of hydrogen-bond acceptors (Lipinski definition) is 8. The molecule has 1 amide bonds. The molecule has 5 rings (SSSR count). The van der Waals surface area contributed by atoms with Crippen LogP contribution in [0.2, 0.25) is 0 Å². The van der Waals surface area contributed by atoms with E-state index in [9.17, 15) is 4.79 Å². The Bertz CT molecular complexity index is 1210. The molecule has 1 saturated heterocycles. The van der Waals surface area contributed by atoms with Crippen LogP contribution in [-0.2, 0) is 4.79 Å². The Hall–Kier alpha value is -3.17. The van der Waals surface area contributed by atoms with Crippen molar-refractivity contribution in [3.05, 3.63) is 58.5 Å². The molecule has 3 aromatic heterocycles. The highest BCUT2D eigenvalue weighted by Gasteiger charge is 2.34. The Balaban J connectivity index is 1.18. The van der Waals surface area contributed by atoms with Crippen LogP contribution in [0.3, 0.4) is 0 Å². The topological polar surface area (TPSA) is 83.9 Å². The van der Waals surface area contributed by atoms with Gasteiger partial charge in [-0.25, -0.2) is 9.97 Å². The van der Waals surface area contributed by atoms with E-state index in [0.29, 0.717) is 18.2 Å². The molecule has 0 radical (unpaired) electrons. The van der Waals surface area contributed by atoms with Crippen molar-refractivity contribution >= 4 is 39.5 Å². The van der Waals surface area contributed by atoms with Crippen LogP contribution in [0.5, 0.6) is 0 Å². The van der Waals surface area contributed by atoms with Gasteiger partial charge in [0.15, 0.2) is 10.9 Å². The zero-order valence-corrected chi connectivity index (χ0v) is 18.7. The second-order valence-electron chi connectivity index (χ2n) is 7.42. The molecule has 0 bridgehead atoms. The molecule has 1 fully saturated rings. The van der Waals surface area contributed by atoms with E-state index in [-0.39, 0.29) is 11.8 Å².